The van der Waals surface area contributed by atoms with Gasteiger partial charge in [-0.3, -0.25) is 0 Å². The van der Waals surface area contributed by atoms with E-state index in [0.29, 0.717) is 5.52 Å². The second-order valence-electron chi connectivity index (χ2n) is 4.59. The molecule has 2 heterocycles. The Morgan fingerprint density at radius 2 is 2.05 bits per heavy atom. The standard InChI is InChI=1S/C12H12ClF4N3/c1-6-3-8-10(18-4-6)20(9(19-8)7(2)13)5-12(16,17)11(14)15/h3-4,7,11H,5H2,1-2H3. The van der Waals surface area contributed by atoms with Crippen molar-refractivity contribution in [2.45, 2.75) is 38.1 Å². The number of pyridine rings is 1. The predicted molar refractivity (Wildman–Crippen MR) is 67.5 cm³/mol. The maximum absolute atomic E-state index is 13.3. The fourth-order valence-corrected chi connectivity index (χ4v) is 2.04. The summed E-state index contributed by atoms with van der Waals surface area (Å²) >= 11 is 5.88. The molecule has 0 N–H and O–H groups in total. The first kappa shape index (κ1) is 15.0. The number of halogens is 5. The molecule has 0 aromatic carbocycles. The van der Waals surface area contributed by atoms with Gasteiger partial charge in [-0.2, -0.15) is 8.78 Å². The molecule has 0 aliphatic carbocycles. The van der Waals surface area contributed by atoms with Crippen LogP contribution in [0.1, 0.15) is 23.7 Å². The Morgan fingerprint density at radius 3 is 2.60 bits per heavy atom. The Hall–Kier alpha value is -1.37. The van der Waals surface area contributed by atoms with E-state index in [2.05, 4.69) is 9.97 Å². The summed E-state index contributed by atoms with van der Waals surface area (Å²) in [7, 11) is 0. The third-order valence-corrected chi connectivity index (χ3v) is 2.99. The van der Waals surface area contributed by atoms with Crippen molar-refractivity contribution in [2.24, 2.45) is 0 Å². The summed E-state index contributed by atoms with van der Waals surface area (Å²) in [6.07, 6.45) is -2.30. The van der Waals surface area contributed by atoms with Gasteiger partial charge >= 0.3 is 12.3 Å². The SMILES string of the molecule is Cc1cnc2c(c1)nc(C(C)Cl)n2CC(F)(F)C(F)F. The van der Waals surface area contributed by atoms with Crippen LogP contribution in [0.5, 0.6) is 0 Å². The summed E-state index contributed by atoms with van der Waals surface area (Å²) in [6, 6.07) is 1.64. The molecular formula is C12H12ClF4N3. The molecule has 1 atom stereocenters. The van der Waals surface area contributed by atoms with Crippen molar-refractivity contribution in [1.29, 1.82) is 0 Å². The number of aromatic nitrogens is 3. The van der Waals surface area contributed by atoms with E-state index in [0.717, 1.165) is 10.1 Å². The number of alkyl halides is 5. The molecule has 110 valence electrons. The highest BCUT2D eigenvalue weighted by Crippen LogP contribution is 2.30. The van der Waals surface area contributed by atoms with E-state index in [4.69, 9.17) is 11.6 Å². The fourth-order valence-electron chi connectivity index (χ4n) is 1.87. The Labute approximate surface area is 117 Å². The molecule has 0 saturated carbocycles. The maximum atomic E-state index is 13.3. The van der Waals surface area contributed by atoms with E-state index in [1.165, 1.54) is 13.1 Å². The maximum Gasteiger partial charge on any atom is 0.324 e. The van der Waals surface area contributed by atoms with Crippen LogP contribution in [-0.4, -0.2) is 26.9 Å². The highest BCUT2D eigenvalue weighted by molar-refractivity contribution is 6.20. The first-order valence-corrected chi connectivity index (χ1v) is 6.29. The molecular weight excluding hydrogens is 298 g/mol. The molecule has 0 bridgehead atoms. The van der Waals surface area contributed by atoms with Crippen molar-refractivity contribution in [3.8, 4) is 0 Å². The van der Waals surface area contributed by atoms with E-state index in [1.54, 1.807) is 13.0 Å². The molecule has 0 aliphatic rings. The molecule has 0 saturated heterocycles. The Kier molecular flexibility index (Phi) is 3.90. The molecule has 0 aliphatic heterocycles. The zero-order valence-corrected chi connectivity index (χ0v) is 11.5. The number of imidazole rings is 1. The molecule has 0 fully saturated rings. The lowest BCUT2D eigenvalue weighted by atomic mass is 10.3. The van der Waals surface area contributed by atoms with E-state index in [9.17, 15) is 17.6 Å². The molecule has 8 heteroatoms. The van der Waals surface area contributed by atoms with Crippen LogP contribution in [0.25, 0.3) is 11.2 Å². The summed E-state index contributed by atoms with van der Waals surface area (Å²) in [4.78, 5) is 8.10. The van der Waals surface area contributed by atoms with Crippen LogP contribution in [0.2, 0.25) is 0 Å². The van der Waals surface area contributed by atoms with Gasteiger partial charge in [-0.15, -0.1) is 11.6 Å². The lowest BCUT2D eigenvalue weighted by Gasteiger charge is -2.18. The molecule has 20 heavy (non-hydrogen) atoms. The average Bonchev–Trinajstić information content (AvgIpc) is 2.66. The van der Waals surface area contributed by atoms with Gasteiger partial charge in [0.25, 0.3) is 0 Å². The molecule has 2 rings (SSSR count). The number of hydrogen-bond acceptors (Lipinski definition) is 2. The number of hydrogen-bond donors (Lipinski definition) is 0. The van der Waals surface area contributed by atoms with Crippen LogP contribution >= 0.6 is 11.6 Å². The van der Waals surface area contributed by atoms with E-state index in [1.807, 2.05) is 0 Å². The summed E-state index contributed by atoms with van der Waals surface area (Å²) in [5, 5.41) is -0.696. The normalized spacial score (nSPS) is 14.2. The van der Waals surface area contributed by atoms with E-state index < -0.39 is 24.3 Å². The van der Waals surface area contributed by atoms with Crippen LogP contribution in [0.4, 0.5) is 17.6 Å². The Balaban J connectivity index is 2.57. The molecule has 2 aromatic rings. The van der Waals surface area contributed by atoms with Crippen molar-refractivity contribution in [1.82, 2.24) is 14.5 Å². The van der Waals surface area contributed by atoms with Crippen molar-refractivity contribution in [3.63, 3.8) is 0 Å². The minimum atomic E-state index is -4.17. The topological polar surface area (TPSA) is 30.7 Å². The number of nitrogens with zero attached hydrogens (tertiary/aromatic N) is 3. The fraction of sp³-hybridized carbons (Fsp3) is 0.500. The van der Waals surface area contributed by atoms with Crippen LogP contribution in [0.15, 0.2) is 12.3 Å². The van der Waals surface area contributed by atoms with Gasteiger partial charge < -0.3 is 4.57 Å². The zero-order chi connectivity index (χ0) is 15.1. The van der Waals surface area contributed by atoms with Gasteiger partial charge in [0.15, 0.2) is 5.65 Å². The third-order valence-electron chi connectivity index (χ3n) is 2.80. The molecule has 1 unspecified atom stereocenters. The van der Waals surface area contributed by atoms with Crippen LogP contribution in [0, 0.1) is 6.92 Å². The number of fused-ring (bicyclic) bond motifs is 1. The van der Waals surface area contributed by atoms with Crippen LogP contribution in [0.3, 0.4) is 0 Å². The quantitative estimate of drug-likeness (QED) is 0.632. The predicted octanol–water partition coefficient (Wildman–Crippen LogP) is 3.94. The zero-order valence-electron chi connectivity index (χ0n) is 10.7. The molecule has 0 amide bonds. The van der Waals surface area contributed by atoms with Gasteiger partial charge in [0.1, 0.15) is 11.3 Å². The summed E-state index contributed by atoms with van der Waals surface area (Å²) in [5.74, 6) is -4.07. The summed E-state index contributed by atoms with van der Waals surface area (Å²) in [6.45, 7) is 2.10. The minimum Gasteiger partial charge on any atom is -0.305 e. The van der Waals surface area contributed by atoms with Gasteiger partial charge in [0.2, 0.25) is 0 Å². The monoisotopic (exact) mass is 309 g/mol. The van der Waals surface area contributed by atoms with Gasteiger partial charge in [0, 0.05) is 6.20 Å². The first-order chi connectivity index (χ1) is 9.22. The Morgan fingerprint density at radius 1 is 1.40 bits per heavy atom. The number of rotatable bonds is 4. The molecule has 0 radical (unpaired) electrons. The highest BCUT2D eigenvalue weighted by Gasteiger charge is 2.42. The summed E-state index contributed by atoms with van der Waals surface area (Å²) in [5.41, 5.74) is 1.27. The van der Waals surface area contributed by atoms with Crippen LogP contribution in [-0.2, 0) is 6.54 Å². The van der Waals surface area contributed by atoms with Gasteiger partial charge in [-0.05, 0) is 25.5 Å². The highest BCUT2D eigenvalue weighted by atomic mass is 35.5. The van der Waals surface area contributed by atoms with Crippen molar-refractivity contribution < 1.29 is 17.6 Å². The molecule has 2 aromatic heterocycles. The van der Waals surface area contributed by atoms with Crippen molar-refractivity contribution in [3.05, 3.63) is 23.7 Å². The molecule has 3 nitrogen and oxygen atoms in total. The van der Waals surface area contributed by atoms with Crippen molar-refractivity contribution in [2.75, 3.05) is 0 Å². The lowest BCUT2D eigenvalue weighted by Crippen LogP contribution is -2.32. The van der Waals surface area contributed by atoms with Gasteiger partial charge in [0.05, 0.1) is 11.9 Å². The second kappa shape index (κ2) is 5.20. The Bertz CT molecular complexity index is 624. The number of aryl methyl sites for hydroxylation is 1. The van der Waals surface area contributed by atoms with Gasteiger partial charge in [-0.1, -0.05) is 0 Å². The van der Waals surface area contributed by atoms with E-state index >= 15 is 0 Å². The summed E-state index contributed by atoms with van der Waals surface area (Å²) < 4.78 is 52.3. The van der Waals surface area contributed by atoms with Crippen molar-refractivity contribution >= 4 is 22.8 Å². The van der Waals surface area contributed by atoms with Gasteiger partial charge in [-0.25, -0.2) is 18.7 Å². The second-order valence-corrected chi connectivity index (χ2v) is 5.24. The smallest absolute Gasteiger partial charge is 0.305 e. The largest absolute Gasteiger partial charge is 0.324 e. The minimum absolute atomic E-state index is 0.0973. The average molecular weight is 310 g/mol. The van der Waals surface area contributed by atoms with Crippen LogP contribution < -0.4 is 0 Å². The third kappa shape index (κ3) is 2.72. The first-order valence-electron chi connectivity index (χ1n) is 5.85. The van der Waals surface area contributed by atoms with E-state index in [-0.39, 0.29) is 11.5 Å². The molecule has 0 spiro atoms. The lowest BCUT2D eigenvalue weighted by molar-refractivity contribution is -0.137.